The number of thioether (sulfide) groups is 1. The maximum absolute atomic E-state index is 11.7. The molecule has 1 saturated carbocycles. The fourth-order valence-electron chi connectivity index (χ4n) is 1.96. The minimum absolute atomic E-state index is 0.119. The van der Waals surface area contributed by atoms with E-state index in [1.54, 1.807) is 11.8 Å². The average Bonchev–Trinajstić information content (AvgIpc) is 2.20. The molecule has 0 aromatic carbocycles. The van der Waals surface area contributed by atoms with Crippen LogP contribution in [0.15, 0.2) is 0 Å². The summed E-state index contributed by atoms with van der Waals surface area (Å²) >= 11 is 1.57. The molecule has 1 rings (SSSR count). The molecule has 1 unspecified atom stereocenters. The smallest absolute Gasteiger partial charge is 0.326 e. The molecule has 1 fully saturated rings. The molecule has 0 aliphatic heterocycles. The van der Waals surface area contributed by atoms with Crippen LogP contribution in [0.2, 0.25) is 0 Å². The summed E-state index contributed by atoms with van der Waals surface area (Å²) < 4.78 is 0. The lowest BCUT2D eigenvalue weighted by Gasteiger charge is -2.32. The summed E-state index contributed by atoms with van der Waals surface area (Å²) in [6, 6.07) is -1.05. The lowest BCUT2D eigenvalue weighted by atomic mass is 9.80. The number of nitrogens with one attached hydrogen (secondary N) is 2. The second-order valence-electron chi connectivity index (χ2n) is 4.77. The molecule has 1 aliphatic carbocycles. The van der Waals surface area contributed by atoms with E-state index in [1.807, 2.05) is 13.2 Å². The first kappa shape index (κ1) is 15.1. The minimum Gasteiger partial charge on any atom is -0.480 e. The molecule has 0 saturated heterocycles. The minimum atomic E-state index is -0.976. The van der Waals surface area contributed by atoms with Crippen LogP contribution in [-0.4, -0.2) is 41.2 Å². The Balaban J connectivity index is 2.32. The van der Waals surface area contributed by atoms with E-state index in [0.717, 1.165) is 18.6 Å². The molecule has 0 aromatic heterocycles. The first-order valence-electron chi connectivity index (χ1n) is 6.33. The van der Waals surface area contributed by atoms with Crippen LogP contribution in [0.5, 0.6) is 0 Å². The van der Waals surface area contributed by atoms with E-state index in [2.05, 4.69) is 10.6 Å². The monoisotopic (exact) mass is 274 g/mol. The van der Waals surface area contributed by atoms with Gasteiger partial charge in [0, 0.05) is 6.04 Å². The van der Waals surface area contributed by atoms with Gasteiger partial charge in [0.1, 0.15) is 6.04 Å². The average molecular weight is 274 g/mol. The van der Waals surface area contributed by atoms with Crippen molar-refractivity contribution in [3.8, 4) is 0 Å². The zero-order valence-electron chi connectivity index (χ0n) is 10.9. The van der Waals surface area contributed by atoms with Gasteiger partial charge in [-0.15, -0.1) is 0 Å². The van der Waals surface area contributed by atoms with E-state index in [4.69, 9.17) is 5.11 Å². The molecule has 3 N–H and O–H groups in total. The molecule has 6 heteroatoms. The SMILES string of the molecule is CSCC[C@@H](NC(=O)NC(C)C1CCC1)C(=O)O. The zero-order chi connectivity index (χ0) is 13.5. The van der Waals surface area contributed by atoms with E-state index < -0.39 is 12.0 Å². The summed E-state index contributed by atoms with van der Waals surface area (Å²) in [7, 11) is 0. The highest BCUT2D eigenvalue weighted by molar-refractivity contribution is 7.98. The summed E-state index contributed by atoms with van der Waals surface area (Å²) in [5.41, 5.74) is 0. The summed E-state index contributed by atoms with van der Waals surface area (Å²) in [5, 5.41) is 14.3. The topological polar surface area (TPSA) is 78.4 Å². The third-order valence-corrected chi connectivity index (χ3v) is 4.07. The molecule has 0 bridgehead atoms. The number of carboxylic acids is 1. The van der Waals surface area contributed by atoms with Crippen LogP contribution < -0.4 is 10.6 Å². The molecule has 2 atom stereocenters. The van der Waals surface area contributed by atoms with Crippen molar-refractivity contribution >= 4 is 23.8 Å². The maximum Gasteiger partial charge on any atom is 0.326 e. The van der Waals surface area contributed by atoms with Crippen molar-refractivity contribution < 1.29 is 14.7 Å². The van der Waals surface area contributed by atoms with Gasteiger partial charge in [-0.05, 0) is 44.1 Å². The zero-order valence-corrected chi connectivity index (χ0v) is 11.8. The highest BCUT2D eigenvalue weighted by atomic mass is 32.2. The third kappa shape index (κ3) is 4.76. The molecule has 0 heterocycles. The van der Waals surface area contributed by atoms with Crippen LogP contribution in [-0.2, 0) is 4.79 Å². The van der Waals surface area contributed by atoms with Crippen LogP contribution in [0.25, 0.3) is 0 Å². The first-order valence-corrected chi connectivity index (χ1v) is 7.72. The molecule has 2 amide bonds. The molecule has 1 aliphatic rings. The summed E-state index contributed by atoms with van der Waals surface area (Å²) in [6.45, 7) is 1.97. The molecule has 0 aromatic rings. The number of rotatable bonds is 7. The van der Waals surface area contributed by atoms with Crippen molar-refractivity contribution in [2.24, 2.45) is 5.92 Å². The van der Waals surface area contributed by atoms with Crippen molar-refractivity contribution in [1.29, 1.82) is 0 Å². The van der Waals surface area contributed by atoms with Gasteiger partial charge >= 0.3 is 12.0 Å². The molecule has 5 nitrogen and oxygen atoms in total. The van der Waals surface area contributed by atoms with Crippen LogP contribution in [0.1, 0.15) is 32.6 Å². The van der Waals surface area contributed by atoms with Gasteiger partial charge in [0.05, 0.1) is 0 Å². The Bertz CT molecular complexity index is 295. The standard InChI is InChI=1S/C12H22N2O3S/c1-8(9-4-3-5-9)13-12(17)14-10(11(15)16)6-7-18-2/h8-10H,3-7H2,1-2H3,(H,15,16)(H2,13,14,17)/t8?,10-/m1/s1. The Kier molecular flexibility index (Phi) is 6.32. The normalized spacial score (nSPS) is 18.6. The first-order chi connectivity index (χ1) is 8.54. The van der Waals surface area contributed by atoms with Gasteiger partial charge in [-0.3, -0.25) is 0 Å². The highest BCUT2D eigenvalue weighted by Crippen LogP contribution is 2.29. The van der Waals surface area contributed by atoms with Gasteiger partial charge in [-0.2, -0.15) is 11.8 Å². The second kappa shape index (κ2) is 7.51. The van der Waals surface area contributed by atoms with Crippen LogP contribution >= 0.6 is 11.8 Å². The largest absolute Gasteiger partial charge is 0.480 e. The van der Waals surface area contributed by atoms with E-state index in [9.17, 15) is 9.59 Å². The predicted molar refractivity (Wildman–Crippen MR) is 72.9 cm³/mol. The van der Waals surface area contributed by atoms with Crippen LogP contribution in [0.3, 0.4) is 0 Å². The van der Waals surface area contributed by atoms with E-state index in [1.165, 1.54) is 6.42 Å². The number of carbonyl (C=O) groups excluding carboxylic acids is 1. The number of hydrogen-bond donors (Lipinski definition) is 3. The fraction of sp³-hybridized carbons (Fsp3) is 0.833. The van der Waals surface area contributed by atoms with Crippen molar-refractivity contribution in [1.82, 2.24) is 10.6 Å². The lowest BCUT2D eigenvalue weighted by molar-refractivity contribution is -0.139. The molecule has 0 radical (unpaired) electrons. The quantitative estimate of drug-likeness (QED) is 0.660. The Morgan fingerprint density at radius 2 is 2.06 bits per heavy atom. The van der Waals surface area contributed by atoms with E-state index >= 15 is 0 Å². The van der Waals surface area contributed by atoms with Crippen molar-refractivity contribution in [2.45, 2.75) is 44.7 Å². The molecule has 104 valence electrons. The molecular weight excluding hydrogens is 252 g/mol. The summed E-state index contributed by atoms with van der Waals surface area (Å²) in [5.74, 6) is 0.288. The Morgan fingerprint density at radius 1 is 1.39 bits per heavy atom. The molecular formula is C12H22N2O3S. The lowest BCUT2D eigenvalue weighted by Crippen LogP contribution is -2.50. The number of carboxylic acid groups (broad SMARTS) is 1. The predicted octanol–water partition coefficient (Wildman–Crippen LogP) is 1.68. The van der Waals surface area contributed by atoms with E-state index in [-0.39, 0.29) is 12.1 Å². The number of urea groups is 1. The van der Waals surface area contributed by atoms with E-state index in [0.29, 0.717) is 12.3 Å². The Hall–Kier alpha value is -0.910. The van der Waals surface area contributed by atoms with Gasteiger partial charge in [-0.1, -0.05) is 6.42 Å². The van der Waals surface area contributed by atoms with Gasteiger partial charge in [0.15, 0.2) is 0 Å². The maximum atomic E-state index is 11.7. The number of carbonyl (C=O) groups is 2. The van der Waals surface area contributed by atoms with Gasteiger partial charge < -0.3 is 15.7 Å². The molecule has 18 heavy (non-hydrogen) atoms. The molecule has 0 spiro atoms. The number of amides is 2. The van der Waals surface area contributed by atoms with Crippen LogP contribution in [0, 0.1) is 5.92 Å². The number of hydrogen-bond acceptors (Lipinski definition) is 3. The summed E-state index contributed by atoms with van der Waals surface area (Å²) in [6.07, 6.45) is 5.88. The number of aliphatic carboxylic acids is 1. The fourth-order valence-corrected chi connectivity index (χ4v) is 2.43. The second-order valence-corrected chi connectivity index (χ2v) is 5.76. The highest BCUT2D eigenvalue weighted by Gasteiger charge is 2.26. The summed E-state index contributed by atoms with van der Waals surface area (Å²) in [4.78, 5) is 22.7. The van der Waals surface area contributed by atoms with Gasteiger partial charge in [0.25, 0.3) is 0 Å². The van der Waals surface area contributed by atoms with Crippen molar-refractivity contribution in [2.75, 3.05) is 12.0 Å². The van der Waals surface area contributed by atoms with Gasteiger partial charge in [0.2, 0.25) is 0 Å². The van der Waals surface area contributed by atoms with Crippen molar-refractivity contribution in [3.05, 3.63) is 0 Å². The van der Waals surface area contributed by atoms with Crippen LogP contribution in [0.4, 0.5) is 4.79 Å². The third-order valence-electron chi connectivity index (χ3n) is 3.43. The Labute approximate surface area is 112 Å². The van der Waals surface area contributed by atoms with Gasteiger partial charge in [-0.25, -0.2) is 9.59 Å². The van der Waals surface area contributed by atoms with Crippen molar-refractivity contribution in [3.63, 3.8) is 0 Å². The Morgan fingerprint density at radius 3 is 2.50 bits per heavy atom.